The summed E-state index contributed by atoms with van der Waals surface area (Å²) in [4.78, 5) is 0. The molecular weight excluding hydrogens is 448 g/mol. The fourth-order valence-corrected chi connectivity index (χ4v) is 8.94. The number of rotatable bonds is 2. The van der Waals surface area contributed by atoms with Crippen LogP contribution in [0.4, 0.5) is 0 Å². The van der Waals surface area contributed by atoms with E-state index in [4.69, 9.17) is 4.42 Å². The van der Waals surface area contributed by atoms with Crippen LogP contribution in [-0.2, 0) is 10.8 Å². The van der Waals surface area contributed by atoms with Gasteiger partial charge in [-0.15, -0.1) is 0 Å². The van der Waals surface area contributed by atoms with Gasteiger partial charge in [-0.1, -0.05) is 87.5 Å². The van der Waals surface area contributed by atoms with E-state index in [0.29, 0.717) is 5.41 Å². The summed E-state index contributed by atoms with van der Waals surface area (Å²) in [6.45, 7) is 6.85. The molecule has 0 amide bonds. The summed E-state index contributed by atoms with van der Waals surface area (Å²) in [7, 11) is 0. The van der Waals surface area contributed by atoms with Crippen LogP contribution in [0.2, 0.25) is 0 Å². The monoisotopic (exact) mass is 484 g/mol. The van der Waals surface area contributed by atoms with Crippen LogP contribution >= 0.6 is 0 Å². The van der Waals surface area contributed by atoms with E-state index in [1.165, 1.54) is 76.8 Å². The molecule has 0 saturated heterocycles. The molecule has 0 radical (unpaired) electrons. The minimum absolute atomic E-state index is 0.00280. The highest BCUT2D eigenvalue weighted by atomic mass is 16.3. The molecule has 1 aromatic heterocycles. The van der Waals surface area contributed by atoms with E-state index in [0.717, 1.165) is 28.9 Å². The molecule has 0 unspecified atom stereocenters. The number of hydrogen-bond acceptors (Lipinski definition) is 1. The first kappa shape index (κ1) is 22.0. The summed E-state index contributed by atoms with van der Waals surface area (Å²) in [6.07, 6.45) is 8.74. The molecule has 0 atom stereocenters. The molecule has 0 aliphatic heterocycles. The van der Waals surface area contributed by atoms with Gasteiger partial charge in [0.25, 0.3) is 0 Å². The van der Waals surface area contributed by atoms with E-state index in [1.54, 1.807) is 5.56 Å². The Morgan fingerprint density at radius 2 is 1.38 bits per heavy atom. The molecule has 4 aliphatic carbocycles. The summed E-state index contributed by atoms with van der Waals surface area (Å²) in [5.41, 5.74) is 7.93. The molecule has 0 N–H and O–H groups in total. The lowest BCUT2D eigenvalue weighted by Gasteiger charge is -2.57. The Balaban J connectivity index is 1.33. The smallest absolute Gasteiger partial charge is 0.139 e. The van der Waals surface area contributed by atoms with Crippen molar-refractivity contribution in [3.63, 3.8) is 0 Å². The van der Waals surface area contributed by atoms with Gasteiger partial charge in [-0.2, -0.15) is 0 Å². The molecule has 4 fully saturated rings. The molecule has 9 rings (SSSR count). The lowest BCUT2D eigenvalue weighted by molar-refractivity contribution is -0.00518. The van der Waals surface area contributed by atoms with E-state index in [9.17, 15) is 0 Å². The van der Waals surface area contributed by atoms with Gasteiger partial charge in [0, 0.05) is 16.3 Å². The quantitative estimate of drug-likeness (QED) is 0.243. The summed E-state index contributed by atoms with van der Waals surface area (Å²) in [5, 5.41) is 5.05. The predicted octanol–water partition coefficient (Wildman–Crippen LogP) is 10.2. The van der Waals surface area contributed by atoms with Crippen LogP contribution in [0.1, 0.15) is 70.4 Å². The zero-order valence-corrected chi connectivity index (χ0v) is 22.3. The predicted molar refractivity (Wildman–Crippen MR) is 155 cm³/mol. The van der Waals surface area contributed by atoms with Crippen molar-refractivity contribution in [2.24, 2.45) is 17.8 Å². The van der Waals surface area contributed by atoms with E-state index in [2.05, 4.69) is 93.6 Å². The Kier molecular flexibility index (Phi) is 4.45. The molecule has 1 nitrogen and oxygen atoms in total. The minimum atomic E-state index is 0.00280. The van der Waals surface area contributed by atoms with Crippen LogP contribution < -0.4 is 0 Å². The second-order valence-corrected chi connectivity index (χ2v) is 13.7. The zero-order valence-electron chi connectivity index (χ0n) is 22.3. The Morgan fingerprint density at radius 3 is 2.05 bits per heavy atom. The van der Waals surface area contributed by atoms with Gasteiger partial charge in [-0.3, -0.25) is 0 Å². The third kappa shape index (κ3) is 3.22. The van der Waals surface area contributed by atoms with Crippen molar-refractivity contribution in [3.05, 3.63) is 83.9 Å². The Bertz CT molecular complexity index is 1640. The van der Waals surface area contributed by atoms with Gasteiger partial charge in [-0.05, 0) is 101 Å². The van der Waals surface area contributed by atoms with Crippen molar-refractivity contribution in [1.29, 1.82) is 0 Å². The molecule has 37 heavy (non-hydrogen) atoms. The van der Waals surface area contributed by atoms with Crippen molar-refractivity contribution in [1.82, 2.24) is 0 Å². The van der Waals surface area contributed by atoms with Crippen molar-refractivity contribution in [2.75, 3.05) is 0 Å². The number of benzene rings is 4. The molecule has 4 bridgehead atoms. The second kappa shape index (κ2) is 7.50. The summed E-state index contributed by atoms with van der Waals surface area (Å²) >= 11 is 0. The average molecular weight is 485 g/mol. The summed E-state index contributed by atoms with van der Waals surface area (Å²) in [6, 6.07) is 27.5. The zero-order chi connectivity index (χ0) is 24.9. The highest BCUT2D eigenvalue weighted by Gasteiger charge is 2.51. The molecule has 4 saturated carbocycles. The van der Waals surface area contributed by atoms with Gasteiger partial charge in [0.2, 0.25) is 0 Å². The average Bonchev–Trinajstić information content (AvgIpc) is 3.27. The number of hydrogen-bond donors (Lipinski definition) is 0. The van der Waals surface area contributed by atoms with E-state index < -0.39 is 0 Å². The van der Waals surface area contributed by atoms with Gasteiger partial charge in [0.15, 0.2) is 0 Å². The van der Waals surface area contributed by atoms with Crippen LogP contribution in [-0.4, -0.2) is 0 Å². The number of furan rings is 1. The molecule has 186 valence electrons. The van der Waals surface area contributed by atoms with E-state index in [1.807, 2.05) is 0 Å². The Hall–Kier alpha value is -3.06. The normalized spacial score (nSPS) is 27.1. The molecule has 0 spiro atoms. The van der Waals surface area contributed by atoms with Crippen LogP contribution in [0.25, 0.3) is 43.8 Å². The molecule has 1 heteroatoms. The summed E-state index contributed by atoms with van der Waals surface area (Å²) in [5.74, 6) is 2.92. The van der Waals surface area contributed by atoms with Gasteiger partial charge in [0.1, 0.15) is 11.2 Å². The highest BCUT2D eigenvalue weighted by molar-refractivity contribution is 6.23. The van der Waals surface area contributed by atoms with Crippen LogP contribution in [0.3, 0.4) is 0 Å². The standard InChI is InChI=1S/C36H36O/c1-35(2,3)30-14-13-29(33-32-28-7-5-4-6-25(28)10-15-31(32)37-34(30)33)26-8-11-27(12-9-26)36-19-22-16-23(20-36)18-24(17-22)21-36/h4-15,22-24H,16-21H2,1-3H3. The van der Waals surface area contributed by atoms with Crippen molar-refractivity contribution in [2.45, 2.75) is 70.1 Å². The fraction of sp³-hybridized carbons (Fsp3) is 0.389. The first-order chi connectivity index (χ1) is 17.9. The van der Waals surface area contributed by atoms with Crippen LogP contribution in [0.5, 0.6) is 0 Å². The first-order valence-electron chi connectivity index (χ1n) is 14.4. The maximum absolute atomic E-state index is 6.67. The van der Waals surface area contributed by atoms with E-state index in [-0.39, 0.29) is 5.41 Å². The maximum Gasteiger partial charge on any atom is 0.139 e. The van der Waals surface area contributed by atoms with Crippen molar-refractivity contribution < 1.29 is 4.42 Å². The maximum atomic E-state index is 6.67. The van der Waals surface area contributed by atoms with Gasteiger partial charge in [-0.25, -0.2) is 0 Å². The summed E-state index contributed by atoms with van der Waals surface area (Å²) < 4.78 is 6.67. The van der Waals surface area contributed by atoms with E-state index >= 15 is 0 Å². The Labute approximate surface area is 219 Å². The van der Waals surface area contributed by atoms with Crippen LogP contribution in [0, 0.1) is 17.8 Å². The van der Waals surface area contributed by atoms with Gasteiger partial charge in [0.05, 0.1) is 0 Å². The topological polar surface area (TPSA) is 13.1 Å². The lowest BCUT2D eigenvalue weighted by atomic mass is 9.48. The van der Waals surface area contributed by atoms with Gasteiger partial charge < -0.3 is 4.42 Å². The highest BCUT2D eigenvalue weighted by Crippen LogP contribution is 2.60. The van der Waals surface area contributed by atoms with Crippen molar-refractivity contribution >= 4 is 32.7 Å². The molecular formula is C36H36O. The molecule has 1 heterocycles. The lowest BCUT2D eigenvalue weighted by Crippen LogP contribution is -2.48. The third-order valence-corrected chi connectivity index (χ3v) is 10.2. The minimum Gasteiger partial charge on any atom is -0.456 e. The fourth-order valence-electron chi connectivity index (χ4n) is 8.94. The largest absolute Gasteiger partial charge is 0.456 e. The molecule has 5 aromatic rings. The second-order valence-electron chi connectivity index (χ2n) is 13.7. The van der Waals surface area contributed by atoms with Crippen LogP contribution in [0.15, 0.2) is 77.2 Å². The SMILES string of the molecule is CC(C)(C)c1ccc(-c2ccc(C34CC5CC(CC(C5)C3)C4)cc2)c2c1oc1ccc3ccccc3c12. The van der Waals surface area contributed by atoms with Crippen molar-refractivity contribution in [3.8, 4) is 11.1 Å². The molecule has 4 aliphatic rings. The number of fused-ring (bicyclic) bond motifs is 5. The van der Waals surface area contributed by atoms with Gasteiger partial charge >= 0.3 is 0 Å². The third-order valence-electron chi connectivity index (χ3n) is 10.2. The Morgan fingerprint density at radius 1 is 0.703 bits per heavy atom. The molecule has 4 aromatic carbocycles. The first-order valence-corrected chi connectivity index (χ1v) is 14.4.